The molecule has 0 radical (unpaired) electrons. The average molecular weight is 336 g/mol. The molecule has 2 aromatic carbocycles. The van der Waals surface area contributed by atoms with Crippen molar-refractivity contribution in [3.05, 3.63) is 48.0 Å². The first-order valence-corrected chi connectivity index (χ1v) is 8.83. The molecule has 3 aromatic rings. The van der Waals surface area contributed by atoms with E-state index in [2.05, 4.69) is 51.4 Å². The van der Waals surface area contributed by atoms with Crippen molar-refractivity contribution in [3.8, 4) is 11.4 Å². The zero-order valence-electron chi connectivity index (χ0n) is 13.7. The third-order valence-electron chi connectivity index (χ3n) is 4.56. The Morgan fingerprint density at radius 2 is 2.00 bits per heavy atom. The summed E-state index contributed by atoms with van der Waals surface area (Å²) in [7, 11) is 2.77. The molecule has 1 unspecified atom stereocenters. The maximum absolute atomic E-state index is 6.12. The molecular weight excluding hydrogens is 315 g/mol. The second-order valence-electron chi connectivity index (χ2n) is 6.47. The summed E-state index contributed by atoms with van der Waals surface area (Å²) in [5.41, 5.74) is 9.36. The van der Waals surface area contributed by atoms with Gasteiger partial charge in [-0.1, -0.05) is 30.3 Å². The van der Waals surface area contributed by atoms with Gasteiger partial charge in [0, 0.05) is 30.1 Å². The van der Waals surface area contributed by atoms with Crippen LogP contribution in [0.4, 0.5) is 5.82 Å². The van der Waals surface area contributed by atoms with Gasteiger partial charge < -0.3 is 10.6 Å². The largest absolute Gasteiger partial charge is 0.354 e. The molecule has 1 fully saturated rings. The molecule has 0 bridgehead atoms. The number of aromatic nitrogens is 2. The molecule has 5 heteroatoms. The summed E-state index contributed by atoms with van der Waals surface area (Å²) < 4.78 is 0. The zero-order chi connectivity index (χ0) is 16.7. The van der Waals surface area contributed by atoms with E-state index in [4.69, 9.17) is 15.7 Å². The van der Waals surface area contributed by atoms with Crippen LogP contribution in [0.3, 0.4) is 0 Å². The van der Waals surface area contributed by atoms with Crippen molar-refractivity contribution in [2.24, 2.45) is 5.73 Å². The van der Waals surface area contributed by atoms with Gasteiger partial charge in [-0.2, -0.15) is 0 Å². The summed E-state index contributed by atoms with van der Waals surface area (Å²) >= 11 is 0. The predicted molar refractivity (Wildman–Crippen MR) is 104 cm³/mol. The normalized spacial score (nSPS) is 17.6. The van der Waals surface area contributed by atoms with Gasteiger partial charge in [0.15, 0.2) is 5.82 Å². The van der Waals surface area contributed by atoms with Crippen LogP contribution in [0.2, 0.25) is 0 Å². The average Bonchev–Trinajstić information content (AvgIpc) is 3.00. The van der Waals surface area contributed by atoms with Gasteiger partial charge in [0.05, 0.1) is 5.52 Å². The number of hydrogen-bond acceptors (Lipinski definition) is 4. The van der Waals surface area contributed by atoms with E-state index in [-0.39, 0.29) is 6.04 Å². The molecule has 0 aliphatic carbocycles. The Balaban J connectivity index is 1.94. The summed E-state index contributed by atoms with van der Waals surface area (Å²) in [6.45, 7) is 3.89. The van der Waals surface area contributed by atoms with Gasteiger partial charge in [0.2, 0.25) is 0 Å². The fourth-order valence-electron chi connectivity index (χ4n) is 3.26. The van der Waals surface area contributed by atoms with Crippen LogP contribution in [0, 0.1) is 6.92 Å². The number of benzene rings is 2. The quantitative estimate of drug-likeness (QED) is 0.731. The van der Waals surface area contributed by atoms with Crippen LogP contribution in [0.5, 0.6) is 0 Å². The fraction of sp³-hybridized carbons (Fsp3) is 0.263. The van der Waals surface area contributed by atoms with Gasteiger partial charge in [-0.3, -0.25) is 0 Å². The van der Waals surface area contributed by atoms with Crippen molar-refractivity contribution in [2.75, 3.05) is 18.0 Å². The lowest BCUT2D eigenvalue weighted by molar-refractivity contribution is 0.751. The molecule has 2 N–H and O–H groups in total. The van der Waals surface area contributed by atoms with Crippen LogP contribution in [-0.2, 0) is 0 Å². The Bertz CT molecular complexity index is 909. The van der Waals surface area contributed by atoms with Gasteiger partial charge in [-0.05, 0) is 36.3 Å². The molecule has 1 aliphatic heterocycles. The first-order chi connectivity index (χ1) is 11.6. The van der Waals surface area contributed by atoms with Crippen molar-refractivity contribution in [3.63, 3.8) is 0 Å². The number of nitrogens with zero attached hydrogens (tertiary/aromatic N) is 3. The van der Waals surface area contributed by atoms with Crippen LogP contribution in [-0.4, -0.2) is 29.1 Å². The third kappa shape index (κ3) is 2.77. The van der Waals surface area contributed by atoms with Crippen molar-refractivity contribution < 1.29 is 0 Å². The highest BCUT2D eigenvalue weighted by Gasteiger charge is 2.23. The topological polar surface area (TPSA) is 55.0 Å². The highest BCUT2D eigenvalue weighted by molar-refractivity contribution is 7.27. The van der Waals surface area contributed by atoms with E-state index < -0.39 is 0 Å². The second kappa shape index (κ2) is 6.12. The Morgan fingerprint density at radius 1 is 1.17 bits per heavy atom. The zero-order valence-corrected chi connectivity index (χ0v) is 14.9. The number of rotatable bonds is 2. The minimum atomic E-state index is 0.220. The van der Waals surface area contributed by atoms with Crippen LogP contribution in [0.1, 0.15) is 12.0 Å². The Labute approximate surface area is 144 Å². The maximum atomic E-state index is 6.12. The summed E-state index contributed by atoms with van der Waals surface area (Å²) in [5.74, 6) is 1.77. The molecule has 0 spiro atoms. The number of hydrogen-bond donors (Lipinski definition) is 1. The number of aryl methyl sites for hydroxylation is 1. The molecule has 1 saturated heterocycles. The molecule has 0 amide bonds. The maximum Gasteiger partial charge on any atom is 0.162 e. The lowest BCUT2D eigenvalue weighted by atomic mass is 10.1. The fourth-order valence-corrected chi connectivity index (χ4v) is 3.60. The molecule has 2 heterocycles. The first kappa shape index (κ1) is 15.5. The molecule has 122 valence electrons. The van der Waals surface area contributed by atoms with E-state index in [1.807, 2.05) is 12.1 Å². The predicted octanol–water partition coefficient (Wildman–Crippen LogP) is 2.64. The lowest BCUT2D eigenvalue weighted by Crippen LogP contribution is -2.27. The van der Waals surface area contributed by atoms with Crippen molar-refractivity contribution in [1.29, 1.82) is 0 Å². The van der Waals surface area contributed by atoms with E-state index in [0.717, 1.165) is 52.9 Å². The van der Waals surface area contributed by atoms with E-state index in [1.54, 1.807) is 0 Å². The van der Waals surface area contributed by atoms with E-state index in [0.29, 0.717) is 0 Å². The highest BCUT2D eigenvalue weighted by Crippen LogP contribution is 2.30. The van der Waals surface area contributed by atoms with Crippen LogP contribution >= 0.6 is 9.24 Å². The van der Waals surface area contributed by atoms with Crippen LogP contribution < -0.4 is 15.9 Å². The molecular formula is C19H21N4P. The highest BCUT2D eigenvalue weighted by atomic mass is 31.0. The van der Waals surface area contributed by atoms with Gasteiger partial charge in [0.25, 0.3) is 0 Å². The summed E-state index contributed by atoms with van der Waals surface area (Å²) in [5, 5.41) is 2.20. The SMILES string of the molecule is Cc1ccc2c(N3CC[C@@H](N)C3)nc(-c3ccccc3P)nc2c1. The molecule has 2 atom stereocenters. The molecule has 24 heavy (non-hydrogen) atoms. The monoisotopic (exact) mass is 336 g/mol. The smallest absolute Gasteiger partial charge is 0.162 e. The molecule has 1 aliphatic rings. The summed E-state index contributed by atoms with van der Waals surface area (Å²) in [6, 6.07) is 14.8. The summed E-state index contributed by atoms with van der Waals surface area (Å²) in [6.07, 6.45) is 1.01. The van der Waals surface area contributed by atoms with Crippen molar-refractivity contribution in [1.82, 2.24) is 9.97 Å². The number of anilines is 1. The molecule has 4 nitrogen and oxygen atoms in total. The first-order valence-electron chi connectivity index (χ1n) is 8.25. The van der Waals surface area contributed by atoms with Gasteiger partial charge in [-0.15, -0.1) is 9.24 Å². The standard InChI is InChI=1S/C19H21N4P/c1-12-6-7-14-16(10-12)21-18(15-4-2-3-5-17(15)24)22-19(14)23-9-8-13(20)11-23/h2-7,10,13H,8-9,11,20,24H2,1H3/t13-/m1/s1. The molecule has 1 aromatic heterocycles. The van der Waals surface area contributed by atoms with Crippen LogP contribution in [0.15, 0.2) is 42.5 Å². The number of fused-ring (bicyclic) bond motifs is 1. The third-order valence-corrected chi connectivity index (χ3v) is 5.06. The molecule has 0 saturated carbocycles. The van der Waals surface area contributed by atoms with Crippen molar-refractivity contribution in [2.45, 2.75) is 19.4 Å². The molecule has 4 rings (SSSR count). The van der Waals surface area contributed by atoms with Crippen molar-refractivity contribution >= 4 is 31.3 Å². The van der Waals surface area contributed by atoms with E-state index in [1.165, 1.54) is 5.56 Å². The van der Waals surface area contributed by atoms with E-state index in [9.17, 15) is 0 Å². The van der Waals surface area contributed by atoms with E-state index >= 15 is 0 Å². The van der Waals surface area contributed by atoms with Gasteiger partial charge in [-0.25, -0.2) is 9.97 Å². The minimum absolute atomic E-state index is 0.220. The Hall–Kier alpha value is -2.03. The lowest BCUT2D eigenvalue weighted by Gasteiger charge is -2.20. The number of nitrogens with two attached hydrogens (primary N) is 1. The van der Waals surface area contributed by atoms with Gasteiger partial charge in [0.1, 0.15) is 5.82 Å². The Kier molecular flexibility index (Phi) is 3.95. The summed E-state index contributed by atoms with van der Waals surface area (Å²) in [4.78, 5) is 12.1. The van der Waals surface area contributed by atoms with Crippen LogP contribution in [0.25, 0.3) is 22.3 Å². The second-order valence-corrected chi connectivity index (χ2v) is 7.10. The Morgan fingerprint density at radius 3 is 2.75 bits per heavy atom. The minimum Gasteiger partial charge on any atom is -0.354 e. The van der Waals surface area contributed by atoms with Gasteiger partial charge >= 0.3 is 0 Å².